The van der Waals surface area contributed by atoms with Gasteiger partial charge in [0.15, 0.2) is 0 Å². The average Bonchev–Trinajstić information content (AvgIpc) is 3.32. The molecule has 0 unspecified atom stereocenters. The van der Waals surface area contributed by atoms with E-state index in [1.165, 1.54) is 22.3 Å². The van der Waals surface area contributed by atoms with E-state index < -0.39 is 0 Å². The van der Waals surface area contributed by atoms with Crippen molar-refractivity contribution in [2.45, 2.75) is 39.8 Å². The summed E-state index contributed by atoms with van der Waals surface area (Å²) >= 11 is 0. The van der Waals surface area contributed by atoms with Gasteiger partial charge in [0, 0.05) is 44.7 Å². The third-order valence-electron chi connectivity index (χ3n) is 7.39. The van der Waals surface area contributed by atoms with Gasteiger partial charge in [-0.15, -0.1) is 0 Å². The van der Waals surface area contributed by atoms with Gasteiger partial charge in [-0.2, -0.15) is 5.10 Å². The highest BCUT2D eigenvalue weighted by molar-refractivity contribution is 6.04. The summed E-state index contributed by atoms with van der Waals surface area (Å²) in [7, 11) is 0. The number of piperazine rings is 1. The van der Waals surface area contributed by atoms with E-state index in [0.717, 1.165) is 56.0 Å². The molecule has 1 fully saturated rings. The molecule has 1 amide bonds. The fourth-order valence-corrected chi connectivity index (χ4v) is 5.30. The summed E-state index contributed by atoms with van der Waals surface area (Å²) in [5, 5.41) is 6.69. The van der Waals surface area contributed by atoms with Crippen molar-refractivity contribution in [2.24, 2.45) is 5.10 Å². The maximum Gasteiger partial charge on any atom is 0.257 e. The molecule has 1 atom stereocenters. The largest absolute Gasteiger partial charge is 0.297 e. The lowest BCUT2D eigenvalue weighted by molar-refractivity contribution is -0.134. The molecule has 0 spiro atoms. The Morgan fingerprint density at radius 3 is 2.19 bits per heavy atom. The lowest BCUT2D eigenvalue weighted by Crippen LogP contribution is -2.49. The van der Waals surface area contributed by atoms with Crippen LogP contribution in [0.25, 0.3) is 0 Å². The monoisotopic (exact) mass is 480 g/mol. The van der Waals surface area contributed by atoms with E-state index in [1.807, 2.05) is 0 Å². The second kappa shape index (κ2) is 10.8. The Morgan fingerprint density at radius 1 is 0.833 bits per heavy atom. The zero-order valence-corrected chi connectivity index (χ0v) is 21.7. The number of amides is 1. The van der Waals surface area contributed by atoms with Crippen LogP contribution in [0.5, 0.6) is 0 Å². The van der Waals surface area contributed by atoms with Gasteiger partial charge in [0.2, 0.25) is 0 Å². The van der Waals surface area contributed by atoms with Gasteiger partial charge in [-0.3, -0.25) is 14.6 Å². The molecule has 3 aromatic rings. The Kier molecular flexibility index (Phi) is 7.30. The standard InChI is InChI=1S/C31H36N4O/c1-23-9-12-27(13-10-23)30-20-29(28-14-11-24(2)19-25(28)3)32-35(30)31(36)22-34-17-15-33(16-18-34)21-26-7-5-4-6-8-26/h4-14,19,30H,15-18,20-22H2,1-3H3/t30-/m1/s1. The highest BCUT2D eigenvalue weighted by Gasteiger charge is 2.34. The molecule has 0 aliphatic carbocycles. The molecule has 0 saturated carbocycles. The van der Waals surface area contributed by atoms with E-state index in [2.05, 4.69) is 103 Å². The first-order valence-electron chi connectivity index (χ1n) is 13.0. The van der Waals surface area contributed by atoms with Crippen molar-refractivity contribution in [3.05, 3.63) is 106 Å². The Bertz CT molecular complexity index is 1230. The highest BCUT2D eigenvalue weighted by atomic mass is 16.2. The molecular weight excluding hydrogens is 444 g/mol. The van der Waals surface area contributed by atoms with Gasteiger partial charge < -0.3 is 0 Å². The van der Waals surface area contributed by atoms with E-state index in [-0.39, 0.29) is 11.9 Å². The molecule has 2 heterocycles. The van der Waals surface area contributed by atoms with Crippen LogP contribution >= 0.6 is 0 Å². The minimum absolute atomic E-state index is 0.0619. The molecule has 0 aromatic heterocycles. The molecule has 0 radical (unpaired) electrons. The van der Waals surface area contributed by atoms with Gasteiger partial charge >= 0.3 is 0 Å². The third kappa shape index (κ3) is 5.58. The third-order valence-corrected chi connectivity index (χ3v) is 7.39. The topological polar surface area (TPSA) is 39.2 Å². The van der Waals surface area contributed by atoms with Gasteiger partial charge in [0.25, 0.3) is 5.91 Å². The maximum absolute atomic E-state index is 13.6. The molecule has 3 aromatic carbocycles. The van der Waals surface area contributed by atoms with Crippen molar-refractivity contribution in [1.29, 1.82) is 0 Å². The summed E-state index contributed by atoms with van der Waals surface area (Å²) < 4.78 is 0. The van der Waals surface area contributed by atoms with Crippen LogP contribution in [0.1, 0.15) is 45.8 Å². The zero-order valence-electron chi connectivity index (χ0n) is 21.7. The van der Waals surface area contributed by atoms with Gasteiger partial charge in [0.05, 0.1) is 18.3 Å². The normalized spacial score (nSPS) is 18.9. The van der Waals surface area contributed by atoms with Gasteiger partial charge in [-0.1, -0.05) is 83.9 Å². The molecule has 1 saturated heterocycles. The number of benzene rings is 3. The molecular formula is C31H36N4O. The number of rotatable bonds is 6. The number of carbonyl (C=O) groups excluding carboxylic acids is 1. The summed E-state index contributed by atoms with van der Waals surface area (Å²) in [6, 6.07) is 25.6. The molecule has 0 N–H and O–H groups in total. The fourth-order valence-electron chi connectivity index (χ4n) is 5.30. The first kappa shape index (κ1) is 24.4. The molecule has 0 bridgehead atoms. The second-order valence-electron chi connectivity index (χ2n) is 10.3. The van der Waals surface area contributed by atoms with Crippen molar-refractivity contribution in [2.75, 3.05) is 32.7 Å². The lowest BCUT2D eigenvalue weighted by Gasteiger charge is -2.35. The van der Waals surface area contributed by atoms with Crippen molar-refractivity contribution in [3.63, 3.8) is 0 Å². The molecule has 2 aliphatic heterocycles. The van der Waals surface area contributed by atoms with E-state index in [4.69, 9.17) is 5.10 Å². The van der Waals surface area contributed by atoms with Crippen LogP contribution in [0.15, 0.2) is 77.9 Å². The number of hydrogen-bond donors (Lipinski definition) is 0. The van der Waals surface area contributed by atoms with E-state index >= 15 is 0 Å². The molecule has 5 nitrogen and oxygen atoms in total. The van der Waals surface area contributed by atoms with Crippen molar-refractivity contribution < 1.29 is 4.79 Å². The van der Waals surface area contributed by atoms with Crippen LogP contribution in [-0.4, -0.2) is 59.2 Å². The first-order chi connectivity index (χ1) is 17.5. The number of carbonyl (C=O) groups is 1. The predicted octanol–water partition coefficient (Wildman–Crippen LogP) is 5.11. The number of nitrogens with zero attached hydrogens (tertiary/aromatic N) is 4. The van der Waals surface area contributed by atoms with Crippen molar-refractivity contribution >= 4 is 11.6 Å². The predicted molar refractivity (Wildman–Crippen MR) is 146 cm³/mol. The highest BCUT2D eigenvalue weighted by Crippen LogP contribution is 2.34. The van der Waals surface area contributed by atoms with E-state index in [1.54, 1.807) is 5.01 Å². The number of hydrogen-bond acceptors (Lipinski definition) is 4. The quantitative estimate of drug-likeness (QED) is 0.492. The Morgan fingerprint density at radius 2 is 1.50 bits per heavy atom. The summed E-state index contributed by atoms with van der Waals surface area (Å²) in [5.74, 6) is 0.0804. The minimum Gasteiger partial charge on any atom is -0.297 e. The number of aryl methyl sites for hydroxylation is 3. The summed E-state index contributed by atoms with van der Waals surface area (Å²) in [6.07, 6.45) is 0.740. The van der Waals surface area contributed by atoms with Crippen LogP contribution in [0.2, 0.25) is 0 Å². The van der Waals surface area contributed by atoms with Crippen LogP contribution < -0.4 is 0 Å². The minimum atomic E-state index is -0.0619. The molecule has 5 heteroatoms. The maximum atomic E-state index is 13.6. The average molecular weight is 481 g/mol. The smallest absolute Gasteiger partial charge is 0.257 e. The number of hydrazone groups is 1. The Labute approximate surface area is 215 Å². The molecule has 36 heavy (non-hydrogen) atoms. The molecule has 5 rings (SSSR count). The second-order valence-corrected chi connectivity index (χ2v) is 10.3. The summed E-state index contributed by atoms with van der Waals surface area (Å²) in [5.41, 5.74) is 8.29. The van der Waals surface area contributed by atoms with E-state index in [0.29, 0.717) is 6.54 Å². The fraction of sp³-hybridized carbons (Fsp3) is 0.355. The van der Waals surface area contributed by atoms with Gasteiger partial charge in [-0.25, -0.2) is 5.01 Å². The van der Waals surface area contributed by atoms with Crippen LogP contribution in [0, 0.1) is 20.8 Å². The van der Waals surface area contributed by atoms with Crippen molar-refractivity contribution in [3.8, 4) is 0 Å². The van der Waals surface area contributed by atoms with Crippen LogP contribution in [0.4, 0.5) is 0 Å². The zero-order chi connectivity index (χ0) is 25.1. The summed E-state index contributed by atoms with van der Waals surface area (Å²) in [6.45, 7) is 11.4. The lowest BCUT2D eigenvalue weighted by atomic mass is 9.95. The molecule has 186 valence electrons. The van der Waals surface area contributed by atoms with Crippen LogP contribution in [0.3, 0.4) is 0 Å². The van der Waals surface area contributed by atoms with Gasteiger partial charge in [-0.05, 0) is 37.5 Å². The first-order valence-corrected chi connectivity index (χ1v) is 13.0. The van der Waals surface area contributed by atoms with Gasteiger partial charge in [0.1, 0.15) is 0 Å². The Hall–Kier alpha value is -3.28. The Balaban J connectivity index is 1.29. The summed E-state index contributed by atoms with van der Waals surface area (Å²) in [4.78, 5) is 18.4. The molecule has 2 aliphatic rings. The van der Waals surface area contributed by atoms with Crippen LogP contribution in [-0.2, 0) is 11.3 Å². The van der Waals surface area contributed by atoms with Crippen molar-refractivity contribution in [1.82, 2.24) is 14.8 Å². The SMILES string of the molecule is Cc1ccc([C@H]2CC(c3ccc(C)cc3C)=NN2C(=O)CN2CCN(Cc3ccccc3)CC2)cc1. The van der Waals surface area contributed by atoms with E-state index in [9.17, 15) is 4.79 Å².